The average molecular weight is 433 g/mol. The van der Waals surface area contributed by atoms with E-state index in [9.17, 15) is 18.9 Å². The Morgan fingerprint density at radius 1 is 1.33 bits per heavy atom. The van der Waals surface area contributed by atoms with E-state index in [1.165, 1.54) is 19.2 Å². The van der Waals surface area contributed by atoms with Crippen LogP contribution in [0.2, 0.25) is 0 Å². The number of ether oxygens (including phenoxy) is 1. The fraction of sp³-hybridized carbons (Fsp3) is 0.364. The van der Waals surface area contributed by atoms with E-state index in [2.05, 4.69) is 10.9 Å². The second-order valence-corrected chi connectivity index (χ2v) is 8.77. The van der Waals surface area contributed by atoms with Crippen LogP contribution in [0, 0.1) is 25.1 Å². The number of hydrogen-bond donors (Lipinski definition) is 1. The summed E-state index contributed by atoms with van der Waals surface area (Å²) in [6.45, 7) is 5.62. The molecule has 0 aliphatic rings. The maximum atomic E-state index is 13.4. The molecule has 0 saturated heterocycles. The fourth-order valence-corrected chi connectivity index (χ4v) is 3.76. The second-order valence-electron chi connectivity index (χ2n) is 7.10. The summed E-state index contributed by atoms with van der Waals surface area (Å²) >= 11 is 0. The van der Waals surface area contributed by atoms with Gasteiger partial charge in [-0.15, -0.1) is 6.42 Å². The van der Waals surface area contributed by atoms with Crippen LogP contribution in [0.4, 0.5) is 4.39 Å². The van der Waals surface area contributed by atoms with Crippen molar-refractivity contribution < 1.29 is 28.1 Å². The quantitative estimate of drug-likeness (QED) is 0.383. The van der Waals surface area contributed by atoms with E-state index >= 15 is 0 Å². The van der Waals surface area contributed by atoms with E-state index in [0.29, 0.717) is 22.5 Å². The van der Waals surface area contributed by atoms with E-state index < -0.39 is 32.2 Å². The van der Waals surface area contributed by atoms with Crippen molar-refractivity contribution in [3.8, 4) is 29.2 Å². The highest BCUT2D eigenvalue weighted by molar-refractivity contribution is 7.40. The first-order valence-corrected chi connectivity index (χ1v) is 10.8. The molecule has 1 aromatic carbocycles. The first-order valence-electron chi connectivity index (χ1n) is 9.38. The van der Waals surface area contributed by atoms with Gasteiger partial charge in [-0.3, -0.25) is 14.3 Å². The SMILES string of the molecule is C#CC(C(O)CC(=O)Oc1c(-c2ccc(F)cc2)cc(C)nc1C(C)C)[PH](=O)OC. The molecule has 0 fully saturated rings. The van der Waals surface area contributed by atoms with Crippen LogP contribution in [0.25, 0.3) is 11.1 Å². The van der Waals surface area contributed by atoms with Gasteiger partial charge in [-0.2, -0.15) is 0 Å². The number of aliphatic hydroxyl groups excluding tert-OH is 1. The number of esters is 1. The molecule has 3 atom stereocenters. The lowest BCUT2D eigenvalue weighted by molar-refractivity contribution is -0.136. The Bertz CT molecular complexity index is 969. The first-order chi connectivity index (χ1) is 14.2. The van der Waals surface area contributed by atoms with Gasteiger partial charge in [0.25, 0.3) is 0 Å². The van der Waals surface area contributed by atoms with Crippen LogP contribution in [0.1, 0.15) is 37.6 Å². The van der Waals surface area contributed by atoms with Crippen molar-refractivity contribution in [3.63, 3.8) is 0 Å². The largest absolute Gasteiger partial charge is 0.424 e. The van der Waals surface area contributed by atoms with E-state index in [1.807, 2.05) is 20.8 Å². The van der Waals surface area contributed by atoms with Crippen LogP contribution < -0.4 is 4.74 Å². The van der Waals surface area contributed by atoms with E-state index in [1.54, 1.807) is 18.2 Å². The van der Waals surface area contributed by atoms with E-state index in [4.69, 9.17) is 15.7 Å². The molecule has 2 aromatic rings. The number of terminal acetylenes is 1. The standard InChI is InChI=1S/C22H25FNO5P/c1-6-19(30(27)28-5)18(25)12-20(26)29-22-17(15-7-9-16(23)10-8-15)11-14(4)24-21(22)13(2)3/h1,7-11,13,18-19,25,30H,12H2,2-5H3. The summed E-state index contributed by atoms with van der Waals surface area (Å²) in [6.07, 6.45) is 3.46. The zero-order chi connectivity index (χ0) is 22.4. The molecular formula is C22H25FNO5P. The van der Waals surface area contributed by atoms with Gasteiger partial charge in [-0.05, 0) is 36.6 Å². The van der Waals surface area contributed by atoms with Gasteiger partial charge >= 0.3 is 5.97 Å². The van der Waals surface area contributed by atoms with Gasteiger partial charge in [0.15, 0.2) is 5.75 Å². The number of carbonyl (C=O) groups is 1. The highest BCUT2D eigenvalue weighted by Crippen LogP contribution is 2.37. The van der Waals surface area contributed by atoms with Crippen LogP contribution in [-0.2, 0) is 13.9 Å². The molecule has 0 radical (unpaired) electrons. The number of rotatable bonds is 8. The normalized spacial score (nSPS) is 14.1. The van der Waals surface area contributed by atoms with Crippen LogP contribution in [0.5, 0.6) is 5.75 Å². The number of aliphatic hydroxyl groups is 1. The highest BCUT2D eigenvalue weighted by atomic mass is 31.1. The molecule has 0 aliphatic carbocycles. The summed E-state index contributed by atoms with van der Waals surface area (Å²) in [5.74, 6) is 1.22. The van der Waals surface area contributed by atoms with Crippen molar-refractivity contribution in [3.05, 3.63) is 47.5 Å². The molecule has 0 saturated carbocycles. The molecule has 0 bridgehead atoms. The summed E-state index contributed by atoms with van der Waals surface area (Å²) in [5.41, 5.74) is 1.39. The van der Waals surface area contributed by atoms with Gasteiger partial charge in [0, 0.05) is 18.4 Å². The second kappa shape index (κ2) is 10.5. The number of nitrogens with zero attached hydrogens (tertiary/aromatic N) is 1. The lowest BCUT2D eigenvalue weighted by Gasteiger charge is -2.19. The lowest BCUT2D eigenvalue weighted by Crippen LogP contribution is -2.27. The summed E-state index contributed by atoms with van der Waals surface area (Å²) in [6, 6.07) is 7.54. The molecule has 2 rings (SSSR count). The fourth-order valence-electron chi connectivity index (χ4n) is 2.94. The molecule has 6 nitrogen and oxygen atoms in total. The van der Waals surface area contributed by atoms with Gasteiger partial charge in [0.2, 0.25) is 8.03 Å². The first kappa shape index (κ1) is 23.8. The van der Waals surface area contributed by atoms with Crippen molar-refractivity contribution >= 4 is 14.0 Å². The molecule has 0 amide bonds. The summed E-state index contributed by atoms with van der Waals surface area (Å²) in [4.78, 5) is 17.1. The smallest absolute Gasteiger partial charge is 0.313 e. The Labute approximate surface area is 176 Å². The van der Waals surface area contributed by atoms with Gasteiger partial charge in [-0.25, -0.2) is 4.39 Å². The summed E-state index contributed by atoms with van der Waals surface area (Å²) in [7, 11) is -1.49. The van der Waals surface area contributed by atoms with Crippen molar-refractivity contribution in [1.29, 1.82) is 0 Å². The molecule has 3 unspecified atom stereocenters. The minimum atomic E-state index is -2.71. The van der Waals surface area contributed by atoms with Gasteiger partial charge in [0.05, 0.1) is 18.2 Å². The molecule has 1 aromatic heterocycles. The Balaban J connectivity index is 2.40. The number of pyridine rings is 1. The number of hydrogen-bond acceptors (Lipinski definition) is 6. The third kappa shape index (κ3) is 5.76. The zero-order valence-electron chi connectivity index (χ0n) is 17.3. The summed E-state index contributed by atoms with van der Waals surface area (Å²) < 4.78 is 35.5. The molecule has 0 aliphatic heterocycles. The number of aryl methyl sites for hydroxylation is 1. The Morgan fingerprint density at radius 3 is 2.50 bits per heavy atom. The van der Waals surface area contributed by atoms with Gasteiger partial charge in [-0.1, -0.05) is 31.9 Å². The van der Waals surface area contributed by atoms with Crippen LogP contribution in [0.3, 0.4) is 0 Å². The molecule has 30 heavy (non-hydrogen) atoms. The molecule has 0 spiro atoms. The minimum Gasteiger partial charge on any atom is -0.424 e. The molecule has 160 valence electrons. The Kier molecular flexibility index (Phi) is 8.31. The Hall–Kier alpha value is -2.52. The van der Waals surface area contributed by atoms with E-state index in [0.717, 1.165) is 0 Å². The maximum absolute atomic E-state index is 13.4. The number of benzene rings is 1. The third-order valence-electron chi connectivity index (χ3n) is 4.44. The monoisotopic (exact) mass is 433 g/mol. The minimum absolute atomic E-state index is 0.0692. The zero-order valence-corrected chi connectivity index (χ0v) is 18.3. The van der Waals surface area contributed by atoms with Crippen molar-refractivity contribution in [1.82, 2.24) is 4.98 Å². The average Bonchev–Trinajstić information content (AvgIpc) is 2.69. The van der Waals surface area contributed by atoms with Crippen LogP contribution in [-0.4, -0.2) is 34.9 Å². The van der Waals surface area contributed by atoms with Crippen molar-refractivity contribution in [2.75, 3.05) is 7.11 Å². The summed E-state index contributed by atoms with van der Waals surface area (Å²) in [5, 5.41) is 10.2. The molecule has 8 heteroatoms. The number of carbonyl (C=O) groups excluding carboxylic acids is 1. The van der Waals surface area contributed by atoms with Crippen molar-refractivity contribution in [2.45, 2.75) is 44.9 Å². The van der Waals surface area contributed by atoms with E-state index in [-0.39, 0.29) is 17.5 Å². The van der Waals surface area contributed by atoms with Gasteiger partial charge < -0.3 is 14.4 Å². The molecular weight excluding hydrogens is 408 g/mol. The lowest BCUT2D eigenvalue weighted by atomic mass is 9.99. The predicted molar refractivity (Wildman–Crippen MR) is 113 cm³/mol. The predicted octanol–water partition coefficient (Wildman–Crippen LogP) is 4.10. The topological polar surface area (TPSA) is 85.7 Å². The maximum Gasteiger partial charge on any atom is 0.313 e. The van der Waals surface area contributed by atoms with Crippen molar-refractivity contribution in [2.24, 2.45) is 0 Å². The van der Waals surface area contributed by atoms with Crippen LogP contribution in [0.15, 0.2) is 30.3 Å². The van der Waals surface area contributed by atoms with Gasteiger partial charge in [0.1, 0.15) is 11.5 Å². The highest BCUT2D eigenvalue weighted by Gasteiger charge is 2.28. The third-order valence-corrected chi connectivity index (χ3v) is 5.90. The Morgan fingerprint density at radius 2 is 1.97 bits per heavy atom. The molecule has 1 heterocycles. The number of halogens is 1. The number of aromatic nitrogens is 1. The molecule has 1 N–H and O–H groups in total. The van der Waals surface area contributed by atoms with Crippen LogP contribution >= 0.6 is 8.03 Å².